The van der Waals surface area contributed by atoms with Gasteiger partial charge in [-0.3, -0.25) is 19.5 Å². The normalized spacial score (nSPS) is 17.9. The number of likely N-dealkylation sites (tertiary alicyclic amines) is 2. The molecule has 5 aromatic rings. The van der Waals surface area contributed by atoms with Crippen LogP contribution < -0.4 is 5.32 Å². The maximum Gasteiger partial charge on any atom is 0.407 e. The van der Waals surface area contributed by atoms with Gasteiger partial charge in [0.15, 0.2) is 0 Å². The summed E-state index contributed by atoms with van der Waals surface area (Å²) in [5.41, 5.74) is 6.39. The van der Waals surface area contributed by atoms with Crippen molar-refractivity contribution in [1.29, 1.82) is 0 Å². The smallest absolute Gasteiger partial charge is 0.407 e. The molecule has 16 nitrogen and oxygen atoms in total. The van der Waals surface area contributed by atoms with E-state index >= 15 is 0 Å². The number of carbonyl (C=O) groups excluding carboxylic acids is 3. The molecule has 3 aromatic heterocycles. The van der Waals surface area contributed by atoms with E-state index in [1.165, 1.54) is 14.2 Å². The summed E-state index contributed by atoms with van der Waals surface area (Å²) < 4.78 is 4.71. The van der Waals surface area contributed by atoms with Gasteiger partial charge < -0.3 is 34.9 Å². The molecule has 57 heavy (non-hydrogen) atoms. The third-order valence-corrected chi connectivity index (χ3v) is 11.0. The van der Waals surface area contributed by atoms with Gasteiger partial charge in [0.2, 0.25) is 11.8 Å². The lowest BCUT2D eigenvalue weighted by molar-refractivity contribution is -0.138. The second-order valence-electron chi connectivity index (χ2n) is 14.9. The largest absolute Gasteiger partial charge is 0.465 e. The van der Waals surface area contributed by atoms with E-state index in [2.05, 4.69) is 20.3 Å². The van der Waals surface area contributed by atoms with Crippen molar-refractivity contribution < 1.29 is 29.0 Å². The Hall–Kier alpha value is -6.32. The lowest BCUT2D eigenvalue weighted by atomic mass is 10.0. The van der Waals surface area contributed by atoms with Gasteiger partial charge in [-0.2, -0.15) is 0 Å². The second-order valence-corrected chi connectivity index (χ2v) is 14.9. The number of hydrogen-bond donors (Lipinski definition) is 4. The van der Waals surface area contributed by atoms with Crippen molar-refractivity contribution in [2.45, 2.75) is 77.0 Å². The Labute approximate surface area is 330 Å². The summed E-state index contributed by atoms with van der Waals surface area (Å²) in [4.78, 5) is 81.0. The van der Waals surface area contributed by atoms with E-state index in [1.807, 2.05) is 69.4 Å². The number of nitrogens with one attached hydrogen (secondary N) is 3. The molecular formula is C41H48N10O6. The first kappa shape index (κ1) is 38.9. The van der Waals surface area contributed by atoms with E-state index in [0.29, 0.717) is 31.2 Å². The fourth-order valence-corrected chi connectivity index (χ4v) is 7.99. The Kier molecular flexibility index (Phi) is 11.2. The number of carbonyl (C=O) groups is 4. The van der Waals surface area contributed by atoms with E-state index in [9.17, 15) is 24.3 Å². The number of benzene rings is 2. The average molecular weight is 777 g/mol. The number of ether oxygens (including phenoxy) is 1. The lowest BCUT2D eigenvalue weighted by Crippen LogP contribution is -2.51. The molecule has 0 spiro atoms. The monoisotopic (exact) mass is 776 g/mol. The van der Waals surface area contributed by atoms with Crippen LogP contribution in [0.4, 0.5) is 9.59 Å². The summed E-state index contributed by atoms with van der Waals surface area (Å²) >= 11 is 0. The van der Waals surface area contributed by atoms with Crippen molar-refractivity contribution in [2.75, 3.05) is 27.2 Å². The number of aromatic nitrogens is 6. The number of alkyl carbamates (subject to hydrolysis) is 1. The van der Waals surface area contributed by atoms with E-state index in [-0.39, 0.29) is 29.8 Å². The summed E-state index contributed by atoms with van der Waals surface area (Å²) in [5, 5.41) is 12.2. The highest BCUT2D eigenvalue weighted by Crippen LogP contribution is 2.35. The number of aromatic amines is 2. The quantitative estimate of drug-likeness (QED) is 0.120. The van der Waals surface area contributed by atoms with Gasteiger partial charge in [0.1, 0.15) is 23.7 Å². The number of nitrogens with zero attached hydrogens (tertiary/aromatic N) is 7. The van der Waals surface area contributed by atoms with Crippen molar-refractivity contribution in [3.05, 3.63) is 72.7 Å². The number of carboxylic acid groups (broad SMARTS) is 1. The van der Waals surface area contributed by atoms with Gasteiger partial charge in [0.25, 0.3) is 0 Å². The van der Waals surface area contributed by atoms with Gasteiger partial charge >= 0.3 is 12.2 Å². The Bertz CT molecular complexity index is 2270. The number of rotatable bonds is 11. The number of hydrogen-bond acceptors (Lipinski definition) is 9. The van der Waals surface area contributed by atoms with E-state index < -0.39 is 24.3 Å². The molecule has 298 valence electrons. The second kappa shape index (κ2) is 16.4. The zero-order valence-electron chi connectivity index (χ0n) is 32.7. The number of methoxy groups -OCH3 is 1. The molecule has 0 bridgehead atoms. The minimum atomic E-state index is -1.13. The molecule has 4 amide bonds. The molecule has 0 unspecified atom stereocenters. The Morgan fingerprint density at radius 1 is 0.877 bits per heavy atom. The van der Waals surface area contributed by atoms with Crippen LogP contribution in [0.5, 0.6) is 0 Å². The van der Waals surface area contributed by atoms with Gasteiger partial charge in [-0.05, 0) is 50.2 Å². The molecule has 0 radical (unpaired) electrons. The molecule has 2 aliphatic heterocycles. The number of likely N-dealkylation sites (N-methyl/N-ethyl adjacent to an activating group) is 1. The van der Waals surface area contributed by atoms with Crippen LogP contribution in [0.3, 0.4) is 0 Å². The lowest BCUT2D eigenvalue weighted by Gasteiger charge is -2.33. The third kappa shape index (κ3) is 7.89. The topological polar surface area (TPSA) is 203 Å². The molecule has 2 aromatic carbocycles. The van der Waals surface area contributed by atoms with Crippen molar-refractivity contribution in [1.82, 2.24) is 49.9 Å². The summed E-state index contributed by atoms with van der Waals surface area (Å²) in [6, 6.07) is 11.8. The zero-order chi connectivity index (χ0) is 40.4. The van der Waals surface area contributed by atoms with Crippen molar-refractivity contribution in [3.8, 4) is 33.8 Å². The predicted molar refractivity (Wildman–Crippen MR) is 212 cm³/mol. The van der Waals surface area contributed by atoms with Crippen molar-refractivity contribution >= 4 is 35.0 Å². The zero-order valence-corrected chi connectivity index (χ0v) is 32.7. The van der Waals surface area contributed by atoms with E-state index in [1.54, 1.807) is 22.2 Å². The molecule has 4 N–H and O–H groups in total. The summed E-state index contributed by atoms with van der Waals surface area (Å²) in [5.74, 6) is 0.825. The van der Waals surface area contributed by atoms with Crippen LogP contribution in [0, 0.1) is 5.92 Å². The minimum absolute atomic E-state index is 0.157. The van der Waals surface area contributed by atoms with Crippen LogP contribution >= 0.6 is 0 Å². The van der Waals surface area contributed by atoms with Crippen molar-refractivity contribution in [3.63, 3.8) is 0 Å². The maximum atomic E-state index is 13.6. The summed E-state index contributed by atoms with van der Waals surface area (Å²) in [6.45, 7) is 6.69. The van der Waals surface area contributed by atoms with Crippen molar-refractivity contribution in [2.24, 2.45) is 5.92 Å². The Balaban J connectivity index is 1.03. The summed E-state index contributed by atoms with van der Waals surface area (Å²) in [7, 11) is 2.72. The summed E-state index contributed by atoms with van der Waals surface area (Å²) in [6.07, 6.45) is 7.17. The highest BCUT2D eigenvalue weighted by atomic mass is 16.5. The average Bonchev–Trinajstić information content (AvgIpc) is 4.06. The van der Waals surface area contributed by atoms with Gasteiger partial charge in [0.05, 0.1) is 59.7 Å². The predicted octanol–water partition coefficient (Wildman–Crippen LogP) is 6.17. The Morgan fingerprint density at radius 3 is 2.18 bits per heavy atom. The molecule has 16 heteroatoms. The number of amides is 4. The Morgan fingerprint density at radius 2 is 1.53 bits per heavy atom. The maximum absolute atomic E-state index is 13.6. The van der Waals surface area contributed by atoms with E-state index in [4.69, 9.17) is 19.7 Å². The van der Waals surface area contributed by atoms with E-state index in [0.717, 1.165) is 75.4 Å². The van der Waals surface area contributed by atoms with Gasteiger partial charge in [0, 0.05) is 43.0 Å². The van der Waals surface area contributed by atoms with Gasteiger partial charge in [-0.15, -0.1) is 0 Å². The van der Waals surface area contributed by atoms with Crippen LogP contribution in [0.2, 0.25) is 0 Å². The molecule has 0 aliphatic carbocycles. The molecule has 4 atom stereocenters. The van der Waals surface area contributed by atoms with Crippen LogP contribution in [0.15, 0.2) is 61.1 Å². The molecule has 7 rings (SSSR count). The fourth-order valence-electron chi connectivity index (χ4n) is 7.99. The van der Waals surface area contributed by atoms with Crippen LogP contribution in [0.1, 0.15) is 76.6 Å². The SMILES string of the molecule is CC[C@H](NC(=O)OC)C(=O)N1CCC[C@H]1c1ncc(-c2ccc3nc(-c4ccc(-c5c[nH]c([C@@H]6CCCN6C(=O)[C@H](C(C)C)N(C)C(=O)O)n5)cc4)cnc3c2)[nH]1. The molecule has 2 fully saturated rings. The molecule has 2 saturated heterocycles. The number of imidazole rings is 2. The minimum Gasteiger partial charge on any atom is -0.465 e. The highest BCUT2D eigenvalue weighted by Gasteiger charge is 2.40. The highest BCUT2D eigenvalue weighted by molar-refractivity contribution is 5.87. The first-order valence-electron chi connectivity index (χ1n) is 19.4. The van der Waals surface area contributed by atoms with Crippen LogP contribution in [0.25, 0.3) is 44.8 Å². The van der Waals surface area contributed by atoms with Gasteiger partial charge in [-0.25, -0.2) is 24.5 Å². The van der Waals surface area contributed by atoms with Gasteiger partial charge in [-0.1, -0.05) is 51.1 Å². The first-order chi connectivity index (χ1) is 27.5. The van der Waals surface area contributed by atoms with Crippen LogP contribution in [-0.2, 0) is 14.3 Å². The molecule has 2 aliphatic rings. The first-order valence-corrected chi connectivity index (χ1v) is 19.4. The fraction of sp³-hybridized carbons (Fsp3) is 0.415. The number of H-pyrrole nitrogens is 2. The third-order valence-electron chi connectivity index (χ3n) is 11.0. The standard InChI is InChI=1S/C41H48N10O6/c1-6-27(48-40(54)57-5)38(52)50-17-7-9-33(50)36-44-22-32(47-36)26-15-16-28-29(19-26)42-20-30(45-28)24-11-13-25(14-12-24)31-21-43-37(46-31)34-10-8-18-51(34)39(53)35(23(2)3)49(4)41(55)56/h11-16,19-23,27,33-35H,6-10,17-18H2,1-5H3,(H,43,46)(H,44,47)(H,48,54)(H,55,56)/t27-,33-,34-,35-/m0/s1. The molecular weight excluding hydrogens is 729 g/mol. The van der Waals surface area contributed by atoms with Crippen LogP contribution in [-0.4, -0.2) is 113 Å². The number of fused-ring (bicyclic) bond motifs is 1. The molecule has 5 heterocycles. The molecule has 0 saturated carbocycles.